The van der Waals surface area contributed by atoms with Gasteiger partial charge in [0.1, 0.15) is 18.0 Å². The fraction of sp³-hybridized carbons (Fsp3) is 0.150. The summed E-state index contributed by atoms with van der Waals surface area (Å²) in [5, 5.41) is 18.5. The van der Waals surface area contributed by atoms with Crippen LogP contribution in [0.1, 0.15) is 18.1 Å². The highest BCUT2D eigenvalue weighted by Gasteiger charge is 2.31. The Hall–Kier alpha value is -3.44. The van der Waals surface area contributed by atoms with Gasteiger partial charge in [0.2, 0.25) is 5.88 Å². The Morgan fingerprint density at radius 1 is 1.29 bits per heavy atom. The van der Waals surface area contributed by atoms with Crippen molar-refractivity contribution in [1.29, 1.82) is 5.26 Å². The number of aliphatic hydroxyl groups is 1. The van der Waals surface area contributed by atoms with Gasteiger partial charge in [-0.15, -0.1) is 0 Å². The van der Waals surface area contributed by atoms with Gasteiger partial charge in [-0.25, -0.2) is 9.03 Å². The molecule has 0 saturated heterocycles. The van der Waals surface area contributed by atoms with E-state index < -0.39 is 16.1 Å². The van der Waals surface area contributed by atoms with Crippen molar-refractivity contribution in [2.75, 3.05) is 4.31 Å². The second kappa shape index (κ2) is 8.06. The Balaban J connectivity index is 1.96. The minimum atomic E-state index is -3.94. The van der Waals surface area contributed by atoms with E-state index in [-0.39, 0.29) is 18.2 Å². The van der Waals surface area contributed by atoms with Crippen molar-refractivity contribution in [2.45, 2.75) is 13.5 Å². The van der Waals surface area contributed by atoms with Crippen LogP contribution in [0.15, 0.2) is 66.7 Å². The lowest BCUT2D eigenvalue weighted by Gasteiger charge is -2.19. The second-order valence-corrected chi connectivity index (χ2v) is 7.74. The van der Waals surface area contributed by atoms with Crippen LogP contribution in [-0.2, 0) is 16.8 Å². The van der Waals surface area contributed by atoms with Gasteiger partial charge < -0.3 is 9.84 Å². The first-order chi connectivity index (χ1) is 13.4. The number of anilines is 1. The van der Waals surface area contributed by atoms with Crippen molar-refractivity contribution >= 4 is 22.0 Å². The lowest BCUT2D eigenvalue weighted by atomic mass is 10.1. The maximum Gasteiger partial charge on any atom is 0.330 e. The van der Waals surface area contributed by atoms with Crippen LogP contribution in [0.3, 0.4) is 0 Å². The summed E-state index contributed by atoms with van der Waals surface area (Å²) in [6, 6.07) is 16.6. The Labute approximate surface area is 164 Å². The second-order valence-electron chi connectivity index (χ2n) is 6.20. The Bertz CT molecular complexity index is 1060. The van der Waals surface area contributed by atoms with E-state index in [2.05, 4.69) is 6.07 Å². The molecule has 3 rings (SSSR count). The monoisotopic (exact) mass is 397 g/mol. The molecule has 0 bridgehead atoms. The number of hydrogen-bond donors (Lipinski definition) is 2. The molecule has 1 aliphatic rings. The van der Waals surface area contributed by atoms with Crippen molar-refractivity contribution in [3.8, 4) is 11.8 Å². The van der Waals surface area contributed by atoms with Crippen LogP contribution in [0.4, 0.5) is 5.69 Å². The predicted molar refractivity (Wildman–Crippen MR) is 106 cm³/mol. The molecule has 8 heteroatoms. The number of rotatable bonds is 6. The highest BCUT2D eigenvalue weighted by molar-refractivity contribution is 7.91. The zero-order chi connectivity index (χ0) is 20.1. The molecule has 0 aliphatic carbocycles. The SMILES string of the molecule is CC(C#N)C=Cc1ccc(N2C=C(O)NS2(=O)=O)c(OCc2ccccc2)c1. The summed E-state index contributed by atoms with van der Waals surface area (Å²) < 4.78 is 33.3. The highest BCUT2D eigenvalue weighted by Crippen LogP contribution is 2.34. The molecular formula is C20H19N3O4S. The van der Waals surface area contributed by atoms with E-state index >= 15 is 0 Å². The van der Waals surface area contributed by atoms with Gasteiger partial charge in [-0.05, 0) is 30.2 Å². The van der Waals surface area contributed by atoms with E-state index in [4.69, 9.17) is 10.00 Å². The third kappa shape index (κ3) is 4.45. The molecule has 0 amide bonds. The first-order valence-corrected chi connectivity index (χ1v) is 9.94. The third-order valence-electron chi connectivity index (χ3n) is 3.97. The Kier molecular flexibility index (Phi) is 5.57. The van der Waals surface area contributed by atoms with Crippen LogP contribution in [0, 0.1) is 17.2 Å². The average Bonchev–Trinajstić information content (AvgIpc) is 2.97. The first kappa shape index (κ1) is 19.3. The largest absolute Gasteiger partial charge is 0.493 e. The molecule has 1 unspecified atom stereocenters. The molecule has 0 saturated carbocycles. The minimum Gasteiger partial charge on any atom is -0.493 e. The van der Waals surface area contributed by atoms with Gasteiger partial charge in [0.05, 0.1) is 18.2 Å². The smallest absolute Gasteiger partial charge is 0.330 e. The van der Waals surface area contributed by atoms with Gasteiger partial charge >= 0.3 is 10.2 Å². The zero-order valence-corrected chi connectivity index (χ0v) is 15.9. The molecule has 28 heavy (non-hydrogen) atoms. The Morgan fingerprint density at radius 2 is 2.04 bits per heavy atom. The molecule has 7 nitrogen and oxygen atoms in total. The average molecular weight is 397 g/mol. The standard InChI is InChI=1S/C20H19N3O4S/c1-15(12-21)7-8-16-9-10-18(23-13-20(24)22-28(23,25)26)19(11-16)27-14-17-5-3-2-4-6-17/h2-11,13,15,22,24H,14H2,1H3. The summed E-state index contributed by atoms with van der Waals surface area (Å²) in [6.45, 7) is 2.01. The van der Waals surface area contributed by atoms with E-state index in [1.165, 1.54) is 0 Å². The summed E-state index contributed by atoms with van der Waals surface area (Å²) in [4.78, 5) is 0. The molecule has 1 atom stereocenters. The van der Waals surface area contributed by atoms with Gasteiger partial charge in [0.25, 0.3) is 0 Å². The highest BCUT2D eigenvalue weighted by atomic mass is 32.2. The molecule has 0 aromatic heterocycles. The topological polar surface area (TPSA) is 103 Å². The van der Waals surface area contributed by atoms with Crippen molar-refractivity contribution in [1.82, 2.24) is 4.72 Å². The number of aliphatic hydroxyl groups excluding tert-OH is 1. The van der Waals surface area contributed by atoms with E-state index in [0.29, 0.717) is 5.75 Å². The van der Waals surface area contributed by atoms with Gasteiger partial charge in [-0.3, -0.25) is 0 Å². The van der Waals surface area contributed by atoms with Gasteiger partial charge in [0.15, 0.2) is 0 Å². The molecule has 2 aromatic rings. The number of ether oxygens (including phenoxy) is 1. The van der Waals surface area contributed by atoms with Gasteiger partial charge in [-0.2, -0.15) is 13.7 Å². The number of nitriles is 1. The molecule has 144 valence electrons. The maximum absolute atomic E-state index is 12.2. The fourth-order valence-corrected chi connectivity index (χ4v) is 3.62. The molecule has 2 aromatic carbocycles. The molecule has 1 aliphatic heterocycles. The van der Waals surface area contributed by atoms with Crippen LogP contribution < -0.4 is 13.8 Å². The van der Waals surface area contributed by atoms with Crippen LogP contribution in [0.25, 0.3) is 6.08 Å². The zero-order valence-electron chi connectivity index (χ0n) is 15.1. The summed E-state index contributed by atoms with van der Waals surface area (Å²) in [7, 11) is -3.94. The summed E-state index contributed by atoms with van der Waals surface area (Å²) in [5.74, 6) is -0.399. The fourth-order valence-electron chi connectivity index (χ4n) is 2.55. The van der Waals surface area contributed by atoms with Crippen molar-refractivity contribution in [2.24, 2.45) is 5.92 Å². The summed E-state index contributed by atoms with van der Waals surface area (Å²) in [6.07, 6.45) is 4.60. The van der Waals surface area contributed by atoms with E-state index in [1.807, 2.05) is 35.1 Å². The number of nitrogens with zero attached hydrogens (tertiary/aromatic N) is 2. The van der Waals surface area contributed by atoms with E-state index in [1.54, 1.807) is 37.3 Å². The predicted octanol–water partition coefficient (Wildman–Crippen LogP) is 3.45. The minimum absolute atomic E-state index is 0.243. The first-order valence-electron chi connectivity index (χ1n) is 8.50. The lowest BCUT2D eigenvalue weighted by Crippen LogP contribution is -2.29. The normalized spacial score (nSPS) is 16.3. The van der Waals surface area contributed by atoms with Crippen LogP contribution >= 0.6 is 0 Å². The van der Waals surface area contributed by atoms with E-state index in [9.17, 15) is 13.5 Å². The molecular weight excluding hydrogens is 378 g/mol. The molecule has 0 fully saturated rings. The lowest BCUT2D eigenvalue weighted by molar-refractivity contribution is 0.307. The van der Waals surface area contributed by atoms with Crippen molar-refractivity contribution < 1.29 is 18.3 Å². The number of benzene rings is 2. The third-order valence-corrected chi connectivity index (χ3v) is 5.26. The van der Waals surface area contributed by atoms with Gasteiger partial charge in [0, 0.05) is 0 Å². The van der Waals surface area contributed by atoms with Crippen LogP contribution in [-0.4, -0.2) is 13.5 Å². The molecule has 0 spiro atoms. The summed E-state index contributed by atoms with van der Waals surface area (Å²) in [5.41, 5.74) is 1.94. The Morgan fingerprint density at radius 3 is 2.68 bits per heavy atom. The summed E-state index contributed by atoms with van der Waals surface area (Å²) >= 11 is 0. The molecule has 0 radical (unpaired) electrons. The number of hydrogen-bond acceptors (Lipinski definition) is 5. The quantitative estimate of drug-likeness (QED) is 0.777. The van der Waals surface area contributed by atoms with Gasteiger partial charge in [-0.1, -0.05) is 48.6 Å². The number of nitrogens with one attached hydrogen (secondary N) is 1. The van der Waals surface area contributed by atoms with E-state index in [0.717, 1.165) is 21.6 Å². The molecule has 1 heterocycles. The van der Waals surface area contributed by atoms with Crippen LogP contribution in [0.5, 0.6) is 5.75 Å². The van der Waals surface area contributed by atoms with Crippen molar-refractivity contribution in [3.05, 3.63) is 77.8 Å². The van der Waals surface area contributed by atoms with Crippen LogP contribution in [0.2, 0.25) is 0 Å². The van der Waals surface area contributed by atoms with Crippen molar-refractivity contribution in [3.63, 3.8) is 0 Å². The molecule has 2 N–H and O–H groups in total. The maximum atomic E-state index is 12.2. The number of allylic oxidation sites excluding steroid dienone is 1.